The van der Waals surface area contributed by atoms with E-state index in [-0.39, 0.29) is 43.1 Å². The molecule has 3 saturated heterocycles. The van der Waals surface area contributed by atoms with Crippen LogP contribution in [0, 0.1) is 23.2 Å². The fraction of sp³-hybridized carbons (Fsp3) is 0.600. The summed E-state index contributed by atoms with van der Waals surface area (Å²) >= 11 is 0. The average molecular weight is 355 g/mol. The molecule has 4 heterocycles. The minimum absolute atomic E-state index is 0.0597. The molecule has 2 bridgehead atoms. The highest BCUT2D eigenvalue weighted by atomic mass is 16.5. The van der Waals surface area contributed by atoms with Crippen molar-refractivity contribution >= 4 is 11.9 Å². The van der Waals surface area contributed by atoms with Gasteiger partial charge in [0.05, 0.1) is 18.1 Å². The number of carbonyl (C=O) groups is 2. The van der Waals surface area contributed by atoms with E-state index in [1.807, 2.05) is 24.3 Å². The summed E-state index contributed by atoms with van der Waals surface area (Å²) in [4.78, 5) is 27.2. The highest BCUT2D eigenvalue weighted by molar-refractivity contribution is 5.84. The number of hydrogen-bond acceptors (Lipinski definition) is 4. The van der Waals surface area contributed by atoms with Crippen molar-refractivity contribution in [2.75, 3.05) is 19.7 Å². The molecule has 6 rings (SSSR count). The highest BCUT2D eigenvalue weighted by Gasteiger charge is 2.65. The number of amides is 1. The van der Waals surface area contributed by atoms with Crippen LogP contribution in [0.25, 0.3) is 0 Å². The lowest BCUT2D eigenvalue weighted by Gasteiger charge is -2.35. The molecule has 1 N–H and O–H groups in total. The van der Waals surface area contributed by atoms with Crippen molar-refractivity contribution in [3.63, 3.8) is 0 Å². The zero-order valence-electron chi connectivity index (χ0n) is 14.3. The van der Waals surface area contributed by atoms with Crippen molar-refractivity contribution in [1.29, 1.82) is 0 Å². The standard InChI is InChI=1S/C20H21NO5/c22-18(13-6-16-11-5-12(11)17(13)26-16)21-7-14-10-3-1-2-4-15(10)25-9-20(14,8-21)19(23)24/h1-4,11-14,16-17H,5-9H2,(H,23,24)/t11-,12+,13-,14+,16+,17+,20+/m1/s1. The van der Waals surface area contributed by atoms with Crippen molar-refractivity contribution in [1.82, 2.24) is 4.90 Å². The molecule has 1 aliphatic carbocycles. The van der Waals surface area contributed by atoms with Crippen molar-refractivity contribution in [3.8, 4) is 5.75 Å². The fourth-order valence-electron chi connectivity index (χ4n) is 5.93. The first kappa shape index (κ1) is 15.0. The smallest absolute Gasteiger partial charge is 0.315 e. The van der Waals surface area contributed by atoms with E-state index >= 15 is 0 Å². The van der Waals surface area contributed by atoms with Gasteiger partial charge in [0, 0.05) is 24.6 Å². The van der Waals surface area contributed by atoms with E-state index in [4.69, 9.17) is 9.47 Å². The molecule has 1 amide bonds. The van der Waals surface area contributed by atoms with Gasteiger partial charge >= 0.3 is 5.97 Å². The predicted octanol–water partition coefficient (Wildman–Crippen LogP) is 1.50. The Kier molecular flexibility index (Phi) is 2.77. The monoisotopic (exact) mass is 355 g/mol. The van der Waals surface area contributed by atoms with Crippen LogP contribution in [0.4, 0.5) is 0 Å². The van der Waals surface area contributed by atoms with Crippen molar-refractivity contribution < 1.29 is 24.2 Å². The van der Waals surface area contributed by atoms with Gasteiger partial charge in [0.2, 0.25) is 5.91 Å². The van der Waals surface area contributed by atoms with Crippen LogP contribution in [0.15, 0.2) is 24.3 Å². The summed E-state index contributed by atoms with van der Waals surface area (Å²) < 4.78 is 11.8. The first-order valence-corrected chi connectivity index (χ1v) is 9.48. The second-order valence-corrected chi connectivity index (χ2v) is 8.60. The minimum Gasteiger partial charge on any atom is -0.492 e. The Bertz CT molecular complexity index is 824. The summed E-state index contributed by atoms with van der Waals surface area (Å²) in [5, 5.41) is 10.0. The molecule has 0 radical (unpaired) electrons. The van der Waals surface area contributed by atoms with E-state index < -0.39 is 11.4 Å². The Hall–Kier alpha value is -2.08. The fourth-order valence-corrected chi connectivity index (χ4v) is 5.93. The lowest BCUT2D eigenvalue weighted by molar-refractivity contribution is -0.152. The molecule has 1 saturated carbocycles. The summed E-state index contributed by atoms with van der Waals surface area (Å²) in [5.41, 5.74) is -0.146. The van der Waals surface area contributed by atoms with Crippen LogP contribution >= 0.6 is 0 Å². The van der Waals surface area contributed by atoms with Crippen LogP contribution in [0.2, 0.25) is 0 Å². The van der Waals surface area contributed by atoms with Crippen LogP contribution in [-0.4, -0.2) is 53.8 Å². The Morgan fingerprint density at radius 1 is 1.19 bits per heavy atom. The molecule has 6 nitrogen and oxygen atoms in total. The number of hydrogen-bond donors (Lipinski definition) is 1. The normalized spacial score (nSPS) is 44.1. The molecule has 0 aromatic heterocycles. The van der Waals surface area contributed by atoms with E-state index in [0.29, 0.717) is 18.4 Å². The van der Waals surface area contributed by atoms with Crippen LogP contribution in [-0.2, 0) is 14.3 Å². The second kappa shape index (κ2) is 4.80. The number of nitrogens with zero attached hydrogens (tertiary/aromatic N) is 1. The lowest BCUT2D eigenvalue weighted by Crippen LogP contribution is -2.47. The van der Waals surface area contributed by atoms with Gasteiger partial charge in [-0.3, -0.25) is 9.59 Å². The second-order valence-electron chi connectivity index (χ2n) is 8.60. The van der Waals surface area contributed by atoms with E-state index in [1.54, 1.807) is 4.90 Å². The summed E-state index contributed by atoms with van der Waals surface area (Å²) in [6, 6.07) is 7.60. The molecule has 136 valence electrons. The summed E-state index contributed by atoms with van der Waals surface area (Å²) in [5.74, 6) is 0.871. The third kappa shape index (κ3) is 1.76. The number of benzene rings is 1. The van der Waals surface area contributed by atoms with Crippen LogP contribution in [0.5, 0.6) is 5.75 Å². The molecule has 4 fully saturated rings. The molecule has 6 heteroatoms. The van der Waals surface area contributed by atoms with Gasteiger partial charge in [-0.05, 0) is 30.7 Å². The number of ether oxygens (including phenoxy) is 2. The molecule has 0 spiro atoms. The third-order valence-corrected chi connectivity index (χ3v) is 7.38. The maximum absolute atomic E-state index is 13.2. The van der Waals surface area contributed by atoms with Gasteiger partial charge in [-0.1, -0.05) is 18.2 Å². The maximum atomic E-state index is 13.2. The van der Waals surface area contributed by atoms with Gasteiger partial charge in [0.1, 0.15) is 17.8 Å². The lowest BCUT2D eigenvalue weighted by atomic mass is 9.73. The quantitative estimate of drug-likeness (QED) is 0.870. The average Bonchev–Trinajstić information content (AvgIpc) is 3.05. The molecule has 0 unspecified atom stereocenters. The molecular formula is C20H21NO5. The molecule has 4 aliphatic heterocycles. The van der Waals surface area contributed by atoms with Crippen molar-refractivity contribution in [2.24, 2.45) is 23.2 Å². The van der Waals surface area contributed by atoms with Gasteiger partial charge < -0.3 is 19.5 Å². The number of para-hydroxylation sites is 1. The molecule has 1 aromatic carbocycles. The van der Waals surface area contributed by atoms with Gasteiger partial charge in [-0.25, -0.2) is 0 Å². The van der Waals surface area contributed by atoms with E-state index in [0.717, 1.165) is 17.7 Å². The molecule has 7 atom stereocenters. The Morgan fingerprint density at radius 2 is 2.04 bits per heavy atom. The maximum Gasteiger partial charge on any atom is 0.315 e. The number of rotatable bonds is 2. The van der Waals surface area contributed by atoms with Crippen molar-refractivity contribution in [3.05, 3.63) is 29.8 Å². The number of likely N-dealkylation sites (tertiary alicyclic amines) is 1. The number of aliphatic carboxylic acids is 1. The Balaban J connectivity index is 1.32. The Labute approximate surface area is 151 Å². The highest BCUT2D eigenvalue weighted by Crippen LogP contribution is 2.61. The van der Waals surface area contributed by atoms with Gasteiger partial charge in [0.25, 0.3) is 0 Å². The van der Waals surface area contributed by atoms with E-state index in [2.05, 4.69) is 0 Å². The third-order valence-electron chi connectivity index (χ3n) is 7.38. The van der Waals surface area contributed by atoms with Crippen LogP contribution < -0.4 is 4.74 Å². The van der Waals surface area contributed by atoms with Gasteiger partial charge in [0.15, 0.2) is 0 Å². The van der Waals surface area contributed by atoms with Crippen LogP contribution in [0.3, 0.4) is 0 Å². The Morgan fingerprint density at radius 3 is 2.81 bits per heavy atom. The van der Waals surface area contributed by atoms with Gasteiger partial charge in [-0.15, -0.1) is 0 Å². The van der Waals surface area contributed by atoms with E-state index in [1.165, 1.54) is 6.42 Å². The first-order chi connectivity index (χ1) is 12.6. The predicted molar refractivity (Wildman–Crippen MR) is 89.7 cm³/mol. The molecule has 26 heavy (non-hydrogen) atoms. The first-order valence-electron chi connectivity index (χ1n) is 9.48. The molecule has 1 aromatic rings. The van der Waals surface area contributed by atoms with Crippen molar-refractivity contribution in [2.45, 2.75) is 31.0 Å². The SMILES string of the molecule is O=C([C@@H]1C[C@@H]2O[C@H]1[C@H]1C[C@H]12)N1C[C@H]2c3ccccc3OC[C@@]2(C(=O)O)C1. The van der Waals surface area contributed by atoms with Crippen LogP contribution in [0.1, 0.15) is 24.3 Å². The van der Waals surface area contributed by atoms with Gasteiger partial charge in [-0.2, -0.15) is 0 Å². The summed E-state index contributed by atoms with van der Waals surface area (Å²) in [6.45, 7) is 0.793. The zero-order chi connectivity index (χ0) is 17.6. The largest absolute Gasteiger partial charge is 0.492 e. The number of carboxylic acids is 1. The minimum atomic E-state index is -1.05. The number of carbonyl (C=O) groups excluding carboxylic acids is 1. The molecule has 5 aliphatic rings. The molecular weight excluding hydrogens is 334 g/mol. The summed E-state index contributed by atoms with van der Waals surface area (Å²) in [6.07, 6.45) is 2.31. The number of fused-ring (bicyclic) bond motifs is 8. The zero-order valence-corrected chi connectivity index (χ0v) is 14.3. The topological polar surface area (TPSA) is 76.1 Å². The number of carboxylic acid groups (broad SMARTS) is 1. The van der Waals surface area contributed by atoms with E-state index in [9.17, 15) is 14.7 Å². The summed E-state index contributed by atoms with van der Waals surface area (Å²) in [7, 11) is 0.